The van der Waals surface area contributed by atoms with Crippen molar-refractivity contribution in [3.8, 4) is 22.3 Å². The molecule has 3 aromatic rings. The van der Waals surface area contributed by atoms with Crippen molar-refractivity contribution in [1.82, 2.24) is 14.8 Å². The van der Waals surface area contributed by atoms with Crippen LogP contribution in [0.25, 0.3) is 16.4 Å². The number of hydrogen-bond acceptors (Lipinski definition) is 4. The molecule has 0 amide bonds. The van der Waals surface area contributed by atoms with Gasteiger partial charge in [-0.1, -0.05) is 29.8 Å². The molecule has 0 fully saturated rings. The fourth-order valence-electron chi connectivity index (χ4n) is 1.85. The Balaban J connectivity index is 1.99. The molecule has 0 atom stereocenters. The Labute approximate surface area is 115 Å². The van der Waals surface area contributed by atoms with Crippen LogP contribution in [0.1, 0.15) is 11.3 Å². The van der Waals surface area contributed by atoms with E-state index in [-0.39, 0.29) is 5.88 Å². The Kier molecular flexibility index (Phi) is 2.83. The first-order valence-corrected chi connectivity index (χ1v) is 6.80. The predicted octanol–water partition coefficient (Wildman–Crippen LogP) is 3.32. The quantitative estimate of drug-likeness (QED) is 0.778. The molecular formula is C14H13N3OS. The van der Waals surface area contributed by atoms with Gasteiger partial charge < -0.3 is 5.11 Å². The highest BCUT2D eigenvalue weighted by Gasteiger charge is 2.11. The maximum absolute atomic E-state index is 9.77. The fourth-order valence-corrected chi connectivity index (χ4v) is 2.64. The predicted molar refractivity (Wildman–Crippen MR) is 75.8 cm³/mol. The summed E-state index contributed by atoms with van der Waals surface area (Å²) in [4.78, 5) is 4.51. The highest BCUT2D eigenvalue weighted by Crippen LogP contribution is 2.26. The lowest BCUT2D eigenvalue weighted by molar-refractivity contribution is 0.433. The van der Waals surface area contributed by atoms with Crippen LogP contribution < -0.4 is 0 Å². The molecule has 0 unspecified atom stereocenters. The molecule has 0 saturated carbocycles. The fraction of sp³-hybridized carbons (Fsp3) is 0.143. The topological polar surface area (TPSA) is 50.9 Å². The largest absolute Gasteiger partial charge is 0.493 e. The molecule has 0 aliphatic rings. The standard InChI is InChI=1S/C14H13N3OS/c1-9-3-5-11(6-4-9)12-8-19-14(15-12)17-13(18)7-10(2)16-17/h3-8,18H,1-2H3. The van der Waals surface area contributed by atoms with E-state index in [1.807, 2.05) is 24.4 Å². The van der Waals surface area contributed by atoms with Gasteiger partial charge in [0, 0.05) is 17.0 Å². The van der Waals surface area contributed by atoms with Gasteiger partial charge in [0.05, 0.1) is 11.4 Å². The van der Waals surface area contributed by atoms with E-state index in [4.69, 9.17) is 0 Å². The molecule has 3 rings (SSSR count). The maximum Gasteiger partial charge on any atom is 0.216 e. The SMILES string of the molecule is Cc1ccc(-c2csc(-n3nc(C)cc3O)n2)cc1. The van der Waals surface area contributed by atoms with Crippen LogP contribution in [0.15, 0.2) is 35.7 Å². The van der Waals surface area contributed by atoms with Crippen LogP contribution in [0.5, 0.6) is 5.88 Å². The molecule has 4 nitrogen and oxygen atoms in total. The zero-order valence-electron chi connectivity index (χ0n) is 10.7. The number of rotatable bonds is 2. The van der Waals surface area contributed by atoms with E-state index >= 15 is 0 Å². The normalized spacial score (nSPS) is 10.8. The second-order valence-electron chi connectivity index (χ2n) is 4.44. The maximum atomic E-state index is 9.77. The van der Waals surface area contributed by atoms with Crippen molar-refractivity contribution in [2.75, 3.05) is 0 Å². The van der Waals surface area contributed by atoms with E-state index in [0.717, 1.165) is 17.0 Å². The van der Waals surface area contributed by atoms with Gasteiger partial charge in [0.15, 0.2) is 0 Å². The molecule has 0 aliphatic heterocycles. The van der Waals surface area contributed by atoms with Gasteiger partial charge in [0.25, 0.3) is 0 Å². The minimum Gasteiger partial charge on any atom is -0.493 e. The highest BCUT2D eigenvalue weighted by molar-refractivity contribution is 7.12. The summed E-state index contributed by atoms with van der Waals surface area (Å²) < 4.78 is 1.46. The first-order chi connectivity index (χ1) is 9.13. The summed E-state index contributed by atoms with van der Waals surface area (Å²) in [5, 5.41) is 16.6. The lowest BCUT2D eigenvalue weighted by Crippen LogP contribution is -1.95. The van der Waals surface area contributed by atoms with Gasteiger partial charge in [-0.05, 0) is 13.8 Å². The average Bonchev–Trinajstić information content (AvgIpc) is 2.97. The van der Waals surface area contributed by atoms with Crippen LogP contribution >= 0.6 is 11.3 Å². The summed E-state index contributed by atoms with van der Waals surface area (Å²) in [5.41, 5.74) is 3.95. The average molecular weight is 271 g/mol. The number of hydrogen-bond donors (Lipinski definition) is 1. The highest BCUT2D eigenvalue weighted by atomic mass is 32.1. The van der Waals surface area contributed by atoms with E-state index in [2.05, 4.69) is 29.1 Å². The van der Waals surface area contributed by atoms with Crippen LogP contribution in [0.4, 0.5) is 0 Å². The zero-order chi connectivity index (χ0) is 13.4. The van der Waals surface area contributed by atoms with Gasteiger partial charge in [0.2, 0.25) is 11.0 Å². The van der Waals surface area contributed by atoms with Crippen LogP contribution in [-0.2, 0) is 0 Å². The van der Waals surface area contributed by atoms with Gasteiger partial charge in [-0.2, -0.15) is 9.78 Å². The number of thiazole rings is 1. The van der Waals surface area contributed by atoms with Crippen molar-refractivity contribution >= 4 is 11.3 Å². The number of benzene rings is 1. The summed E-state index contributed by atoms with van der Waals surface area (Å²) in [7, 11) is 0. The molecule has 96 valence electrons. The van der Waals surface area contributed by atoms with Crippen molar-refractivity contribution in [2.45, 2.75) is 13.8 Å². The Morgan fingerprint density at radius 3 is 2.53 bits per heavy atom. The van der Waals surface area contributed by atoms with Crippen molar-refractivity contribution < 1.29 is 5.11 Å². The summed E-state index contributed by atoms with van der Waals surface area (Å²) in [6, 6.07) is 9.82. The van der Waals surface area contributed by atoms with Gasteiger partial charge >= 0.3 is 0 Å². The number of aromatic hydroxyl groups is 1. The second-order valence-corrected chi connectivity index (χ2v) is 5.27. The Hall–Kier alpha value is -2.14. The Morgan fingerprint density at radius 1 is 1.16 bits per heavy atom. The van der Waals surface area contributed by atoms with Crippen molar-refractivity contribution in [3.63, 3.8) is 0 Å². The summed E-state index contributed by atoms with van der Waals surface area (Å²) in [6.45, 7) is 3.89. The molecule has 2 heterocycles. The molecule has 0 radical (unpaired) electrons. The zero-order valence-corrected chi connectivity index (χ0v) is 11.5. The molecule has 2 aromatic heterocycles. The third-order valence-electron chi connectivity index (χ3n) is 2.83. The molecule has 0 spiro atoms. The summed E-state index contributed by atoms with van der Waals surface area (Å²) in [5.74, 6) is 0.113. The van der Waals surface area contributed by atoms with Crippen molar-refractivity contribution in [2.24, 2.45) is 0 Å². The minimum absolute atomic E-state index is 0.113. The van der Waals surface area contributed by atoms with Crippen molar-refractivity contribution in [3.05, 3.63) is 47.0 Å². The third-order valence-corrected chi connectivity index (χ3v) is 3.65. The Bertz CT molecular complexity index is 713. The van der Waals surface area contributed by atoms with Gasteiger partial charge in [-0.3, -0.25) is 0 Å². The summed E-state index contributed by atoms with van der Waals surface area (Å²) >= 11 is 1.46. The van der Waals surface area contributed by atoms with Crippen LogP contribution in [-0.4, -0.2) is 19.9 Å². The molecule has 0 saturated heterocycles. The lowest BCUT2D eigenvalue weighted by Gasteiger charge is -1.98. The molecule has 1 N–H and O–H groups in total. The van der Waals surface area contributed by atoms with Gasteiger partial charge in [-0.25, -0.2) is 4.98 Å². The van der Waals surface area contributed by atoms with Crippen LogP contribution in [0, 0.1) is 13.8 Å². The van der Waals surface area contributed by atoms with E-state index in [1.165, 1.54) is 21.6 Å². The number of aromatic nitrogens is 3. The molecule has 0 bridgehead atoms. The molecule has 5 heteroatoms. The smallest absolute Gasteiger partial charge is 0.216 e. The minimum atomic E-state index is 0.113. The van der Waals surface area contributed by atoms with Gasteiger partial charge in [-0.15, -0.1) is 11.3 Å². The van der Waals surface area contributed by atoms with Crippen LogP contribution in [0.2, 0.25) is 0 Å². The van der Waals surface area contributed by atoms with E-state index < -0.39 is 0 Å². The van der Waals surface area contributed by atoms with Crippen LogP contribution in [0.3, 0.4) is 0 Å². The third kappa shape index (κ3) is 2.24. The van der Waals surface area contributed by atoms with E-state index in [0.29, 0.717) is 5.13 Å². The van der Waals surface area contributed by atoms with E-state index in [1.54, 1.807) is 6.07 Å². The monoisotopic (exact) mass is 271 g/mol. The molecule has 1 aromatic carbocycles. The molecule has 19 heavy (non-hydrogen) atoms. The van der Waals surface area contributed by atoms with Crippen molar-refractivity contribution in [1.29, 1.82) is 0 Å². The number of nitrogens with zero attached hydrogens (tertiary/aromatic N) is 3. The first kappa shape index (κ1) is 11.9. The molecule has 0 aliphatic carbocycles. The lowest BCUT2D eigenvalue weighted by atomic mass is 10.1. The molecular weight excluding hydrogens is 258 g/mol. The van der Waals surface area contributed by atoms with E-state index in [9.17, 15) is 5.11 Å². The second kappa shape index (κ2) is 4.51. The van der Waals surface area contributed by atoms with Gasteiger partial charge in [0.1, 0.15) is 0 Å². The first-order valence-electron chi connectivity index (χ1n) is 5.92. The summed E-state index contributed by atoms with van der Waals surface area (Å²) in [6.07, 6.45) is 0. The Morgan fingerprint density at radius 2 is 1.89 bits per heavy atom. The number of aryl methyl sites for hydroxylation is 2.